The number of nitrogen functional groups attached to an aromatic ring is 1. The van der Waals surface area contributed by atoms with Crippen molar-refractivity contribution in [1.82, 2.24) is 10.4 Å². The number of nitrogens with zero attached hydrogens (tertiary/aromatic N) is 3. The Morgan fingerprint density at radius 3 is 2.65 bits per heavy atom. The summed E-state index contributed by atoms with van der Waals surface area (Å²) in [6, 6.07) is 13.3. The molecule has 0 saturated carbocycles. The van der Waals surface area contributed by atoms with Crippen molar-refractivity contribution >= 4 is 44.5 Å². The molecule has 134 valence electrons. The lowest BCUT2D eigenvalue weighted by atomic mass is 10.2. The Balaban J connectivity index is 1.64. The van der Waals surface area contributed by atoms with Crippen molar-refractivity contribution in [3.05, 3.63) is 53.6 Å². The number of fused-ring (bicyclic) bond motifs is 1. The lowest BCUT2D eigenvalue weighted by Gasteiger charge is -2.20. The van der Waals surface area contributed by atoms with Gasteiger partial charge in [0.1, 0.15) is 0 Å². The van der Waals surface area contributed by atoms with Crippen molar-refractivity contribution in [3.63, 3.8) is 0 Å². The number of aromatic nitrogens is 1. The highest BCUT2D eigenvalue weighted by molar-refractivity contribution is 7.22. The molecule has 0 aliphatic heterocycles. The highest BCUT2D eigenvalue weighted by Crippen LogP contribution is 2.24. The fourth-order valence-corrected chi connectivity index (χ4v) is 3.45. The summed E-state index contributed by atoms with van der Waals surface area (Å²) in [6.07, 6.45) is 1.63. The van der Waals surface area contributed by atoms with Gasteiger partial charge >= 0.3 is 0 Å². The maximum absolute atomic E-state index is 12.2. The average Bonchev–Trinajstić information content (AvgIpc) is 3.03. The van der Waals surface area contributed by atoms with E-state index in [-0.39, 0.29) is 5.91 Å². The van der Waals surface area contributed by atoms with Crippen LogP contribution in [0.2, 0.25) is 0 Å². The number of anilines is 2. The zero-order chi connectivity index (χ0) is 18.5. The molecule has 26 heavy (non-hydrogen) atoms. The fraction of sp³-hybridized carbons (Fsp3) is 0.211. The molecule has 0 fully saturated rings. The molecule has 0 bridgehead atoms. The van der Waals surface area contributed by atoms with Crippen molar-refractivity contribution in [2.24, 2.45) is 5.10 Å². The molecule has 1 heterocycles. The van der Waals surface area contributed by atoms with E-state index in [0.29, 0.717) is 10.7 Å². The Labute approximate surface area is 156 Å². The van der Waals surface area contributed by atoms with Crippen LogP contribution in [0.15, 0.2) is 47.6 Å². The number of benzene rings is 2. The zero-order valence-electron chi connectivity index (χ0n) is 14.8. The van der Waals surface area contributed by atoms with Crippen molar-refractivity contribution in [3.8, 4) is 0 Å². The molecule has 3 aromatic rings. The van der Waals surface area contributed by atoms with Crippen molar-refractivity contribution in [1.29, 1.82) is 0 Å². The minimum absolute atomic E-state index is 0.269. The fourth-order valence-electron chi connectivity index (χ4n) is 2.67. The van der Waals surface area contributed by atoms with Crippen LogP contribution in [0.4, 0.5) is 10.8 Å². The van der Waals surface area contributed by atoms with Gasteiger partial charge in [-0.3, -0.25) is 4.79 Å². The number of carbonyl (C=O) groups excluding carboxylic acids is 1. The number of hydrogen-bond donors (Lipinski definition) is 2. The average molecular weight is 367 g/mol. The number of thiazole rings is 1. The molecule has 0 aliphatic carbocycles. The zero-order valence-corrected chi connectivity index (χ0v) is 15.6. The normalized spacial score (nSPS) is 11.2. The highest BCUT2D eigenvalue weighted by Gasteiger charge is 2.08. The van der Waals surface area contributed by atoms with Gasteiger partial charge in [-0.05, 0) is 49.7 Å². The number of nitrogens with two attached hydrogens (primary N) is 1. The first-order chi connectivity index (χ1) is 12.6. The van der Waals surface area contributed by atoms with E-state index in [1.165, 1.54) is 17.0 Å². The van der Waals surface area contributed by atoms with E-state index >= 15 is 0 Å². The van der Waals surface area contributed by atoms with Crippen LogP contribution in [0.25, 0.3) is 10.2 Å². The van der Waals surface area contributed by atoms with Gasteiger partial charge in [-0.1, -0.05) is 23.5 Å². The highest BCUT2D eigenvalue weighted by atomic mass is 32.1. The maximum atomic E-state index is 12.2. The first kappa shape index (κ1) is 17.9. The van der Waals surface area contributed by atoms with Crippen molar-refractivity contribution in [2.45, 2.75) is 13.8 Å². The number of hydrazone groups is 1. The number of hydrogen-bond acceptors (Lipinski definition) is 6. The predicted molar refractivity (Wildman–Crippen MR) is 109 cm³/mol. The second kappa shape index (κ2) is 7.97. The lowest BCUT2D eigenvalue weighted by molar-refractivity contribution is 0.0955. The lowest BCUT2D eigenvalue weighted by Crippen LogP contribution is -2.21. The predicted octanol–water partition coefficient (Wildman–Crippen LogP) is 3.49. The Hall–Kier alpha value is -2.93. The Kier molecular flexibility index (Phi) is 5.48. The van der Waals surface area contributed by atoms with Crippen LogP contribution in [0.1, 0.15) is 29.8 Å². The molecule has 0 saturated heterocycles. The summed E-state index contributed by atoms with van der Waals surface area (Å²) in [5.41, 5.74) is 11.7. The van der Waals surface area contributed by atoms with Gasteiger partial charge in [-0.25, -0.2) is 10.4 Å². The van der Waals surface area contributed by atoms with Crippen LogP contribution < -0.4 is 16.1 Å². The molecule has 0 atom stereocenters. The van der Waals surface area contributed by atoms with Crippen molar-refractivity contribution < 1.29 is 4.79 Å². The van der Waals surface area contributed by atoms with Crippen LogP contribution >= 0.6 is 11.3 Å². The molecule has 3 N–H and O–H groups in total. The molecule has 1 amide bonds. The number of nitrogens with one attached hydrogen (secondary N) is 1. The third-order valence-electron chi connectivity index (χ3n) is 4.07. The minimum Gasteiger partial charge on any atom is -0.375 e. The van der Waals surface area contributed by atoms with E-state index in [4.69, 9.17) is 5.73 Å². The van der Waals surface area contributed by atoms with Crippen LogP contribution in [0.5, 0.6) is 0 Å². The summed E-state index contributed by atoms with van der Waals surface area (Å²) in [4.78, 5) is 18.7. The molecule has 1 aromatic heterocycles. The van der Waals surface area contributed by atoms with E-state index in [2.05, 4.69) is 46.4 Å². The van der Waals surface area contributed by atoms with Gasteiger partial charge in [0, 0.05) is 24.3 Å². The number of amides is 1. The Morgan fingerprint density at radius 2 is 1.96 bits per heavy atom. The maximum Gasteiger partial charge on any atom is 0.271 e. The van der Waals surface area contributed by atoms with Gasteiger partial charge in [0.2, 0.25) is 0 Å². The monoisotopic (exact) mass is 367 g/mol. The van der Waals surface area contributed by atoms with Gasteiger partial charge in [-0.15, -0.1) is 0 Å². The molecular formula is C19H21N5OS. The third kappa shape index (κ3) is 4.00. The standard InChI is InChI=1S/C19H21N5OS/c1-3-24(4-2)15-8-5-13(6-9-15)12-21-23-18(25)14-7-10-16-17(11-14)26-19(20)22-16/h5-12H,3-4H2,1-2H3,(H2,20,22)(H,23,25)/b21-12-. The van der Waals surface area contributed by atoms with Gasteiger partial charge in [0.15, 0.2) is 5.13 Å². The van der Waals surface area contributed by atoms with E-state index in [0.717, 1.165) is 28.9 Å². The summed E-state index contributed by atoms with van der Waals surface area (Å²) in [7, 11) is 0. The molecule has 2 aromatic carbocycles. The van der Waals surface area contributed by atoms with E-state index in [9.17, 15) is 4.79 Å². The number of rotatable bonds is 6. The smallest absolute Gasteiger partial charge is 0.271 e. The molecule has 6 nitrogen and oxygen atoms in total. The van der Waals surface area contributed by atoms with Crippen LogP contribution in [-0.2, 0) is 0 Å². The van der Waals surface area contributed by atoms with Gasteiger partial charge < -0.3 is 10.6 Å². The first-order valence-electron chi connectivity index (χ1n) is 8.45. The molecule has 0 spiro atoms. The van der Waals surface area contributed by atoms with E-state index in [1.807, 2.05) is 12.1 Å². The molecular weight excluding hydrogens is 346 g/mol. The quantitative estimate of drug-likeness (QED) is 0.516. The molecule has 3 rings (SSSR count). The van der Waals surface area contributed by atoms with Crippen LogP contribution in [-0.4, -0.2) is 30.2 Å². The van der Waals surface area contributed by atoms with E-state index < -0.39 is 0 Å². The summed E-state index contributed by atoms with van der Waals surface area (Å²) < 4.78 is 0.881. The summed E-state index contributed by atoms with van der Waals surface area (Å²) in [5, 5.41) is 4.53. The molecule has 0 radical (unpaired) electrons. The Bertz CT molecular complexity index is 929. The summed E-state index contributed by atoms with van der Waals surface area (Å²) in [5.74, 6) is -0.269. The molecule has 0 unspecified atom stereocenters. The number of carbonyl (C=O) groups is 1. The first-order valence-corrected chi connectivity index (χ1v) is 9.26. The second-order valence-electron chi connectivity index (χ2n) is 5.70. The van der Waals surface area contributed by atoms with Crippen LogP contribution in [0, 0.1) is 0 Å². The molecule has 7 heteroatoms. The van der Waals surface area contributed by atoms with Gasteiger partial charge in [0.25, 0.3) is 5.91 Å². The molecule has 0 aliphatic rings. The van der Waals surface area contributed by atoms with E-state index in [1.54, 1.807) is 24.4 Å². The minimum atomic E-state index is -0.269. The van der Waals surface area contributed by atoms with Gasteiger partial charge in [0.05, 0.1) is 16.4 Å². The van der Waals surface area contributed by atoms with Crippen molar-refractivity contribution in [2.75, 3.05) is 23.7 Å². The second-order valence-corrected chi connectivity index (χ2v) is 6.76. The van der Waals surface area contributed by atoms with Gasteiger partial charge in [-0.2, -0.15) is 5.10 Å². The topological polar surface area (TPSA) is 83.6 Å². The SMILES string of the molecule is CCN(CC)c1ccc(/C=N\NC(=O)c2ccc3nc(N)sc3c2)cc1. The third-order valence-corrected chi connectivity index (χ3v) is 4.92. The Morgan fingerprint density at radius 1 is 1.23 bits per heavy atom. The largest absolute Gasteiger partial charge is 0.375 e. The summed E-state index contributed by atoms with van der Waals surface area (Å²) in [6.45, 7) is 6.20. The summed E-state index contributed by atoms with van der Waals surface area (Å²) >= 11 is 1.36. The van der Waals surface area contributed by atoms with Crippen LogP contribution in [0.3, 0.4) is 0 Å².